The minimum Gasteiger partial charge on any atom is -0.462 e. The van der Waals surface area contributed by atoms with E-state index in [9.17, 15) is 43.2 Å². The minimum atomic E-state index is -4.95. The van der Waals surface area contributed by atoms with E-state index in [0.717, 1.165) is 102 Å². The average Bonchev–Trinajstić information content (AvgIpc) is 3.57. The Labute approximate surface area is 517 Å². The highest BCUT2D eigenvalue weighted by atomic mass is 31.2. The molecule has 0 bridgehead atoms. The lowest BCUT2D eigenvalue weighted by atomic mass is 9.99. The van der Waals surface area contributed by atoms with Crippen LogP contribution in [0.5, 0.6) is 0 Å². The Morgan fingerprint density at radius 2 is 0.565 bits per heavy atom. The lowest BCUT2D eigenvalue weighted by Crippen LogP contribution is -2.30. The number of unbranched alkanes of at least 4 members (excludes halogenated alkanes) is 33. The monoisotopic (exact) mass is 1250 g/mol. The molecule has 19 heteroatoms. The Kier molecular flexibility index (Phi) is 57.1. The first-order chi connectivity index (χ1) is 40.9. The number of phosphoric ester groups is 2. The molecule has 0 radical (unpaired) electrons. The van der Waals surface area contributed by atoms with Gasteiger partial charge in [0, 0.05) is 25.7 Å². The van der Waals surface area contributed by atoms with Crippen LogP contribution < -0.4 is 0 Å². The van der Waals surface area contributed by atoms with Crippen molar-refractivity contribution in [3.8, 4) is 0 Å². The number of rotatable bonds is 65. The standard InChI is InChI=1S/C66H128O17P2/c1-7-11-13-15-17-19-21-26-30-37-43-49-64(69)76-54-61(82-65(70)50-44-38-31-27-23-22-24-28-34-40-46-58(5)9-3)56-80-84(72,73)78-52-60(67)53-79-85(74,75)81-57-62(83-66(71)51-45-39-33-32-35-41-47-59(6)10-4)55-77-63(68)48-42-36-29-25-20-18-16-14-12-8-2/h58-62,67H,7-57H2,1-6H3,(H,72,73)(H,74,75)/t58?,59?,60-,61-,62-/m1/s1. The maximum Gasteiger partial charge on any atom is 0.472 e. The molecule has 0 rings (SSSR count). The summed E-state index contributed by atoms with van der Waals surface area (Å²) in [5.41, 5.74) is 0. The zero-order valence-corrected chi connectivity index (χ0v) is 56.7. The Hall–Kier alpha value is -1.94. The molecule has 0 fully saturated rings. The quantitative estimate of drug-likeness (QED) is 0.0222. The van der Waals surface area contributed by atoms with Crippen molar-refractivity contribution >= 4 is 39.5 Å². The van der Waals surface area contributed by atoms with Gasteiger partial charge in [0.25, 0.3) is 0 Å². The zero-order valence-electron chi connectivity index (χ0n) is 54.9. The van der Waals surface area contributed by atoms with Crippen LogP contribution in [-0.4, -0.2) is 96.7 Å². The van der Waals surface area contributed by atoms with Crippen molar-refractivity contribution in [1.82, 2.24) is 0 Å². The summed E-state index contributed by atoms with van der Waals surface area (Å²) in [5.74, 6) is -0.609. The molecule has 3 N–H and O–H groups in total. The van der Waals surface area contributed by atoms with Gasteiger partial charge in [0.1, 0.15) is 19.3 Å². The SMILES string of the molecule is CCCCCCCCCCCCCC(=O)OC[C@H](COP(=O)(O)OC[C@@H](O)COP(=O)(O)OC[C@@H](COC(=O)CCCCCCCCCCCC)OC(=O)CCCCCCCCC(C)CC)OC(=O)CCCCCCCCCCCCC(C)CC. The fraction of sp³-hybridized carbons (Fsp3) is 0.939. The molecular formula is C66H128O17P2. The van der Waals surface area contributed by atoms with Gasteiger partial charge in [-0.05, 0) is 37.5 Å². The summed E-state index contributed by atoms with van der Waals surface area (Å²) in [6.45, 7) is 9.48. The third-order valence-electron chi connectivity index (χ3n) is 15.9. The third kappa shape index (κ3) is 58.2. The normalized spacial score (nSPS) is 14.9. The number of aliphatic hydroxyl groups is 1. The molecule has 85 heavy (non-hydrogen) atoms. The van der Waals surface area contributed by atoms with Gasteiger partial charge in [0.05, 0.1) is 26.4 Å². The van der Waals surface area contributed by atoms with Crippen LogP contribution in [0.3, 0.4) is 0 Å². The Morgan fingerprint density at radius 1 is 0.329 bits per heavy atom. The molecule has 0 aromatic carbocycles. The highest BCUT2D eigenvalue weighted by Crippen LogP contribution is 2.45. The first kappa shape index (κ1) is 83.1. The number of carbonyl (C=O) groups is 4. The van der Waals surface area contributed by atoms with Gasteiger partial charge in [-0.15, -0.1) is 0 Å². The molecular weight excluding hydrogens is 1130 g/mol. The van der Waals surface area contributed by atoms with Crippen LogP contribution in [0.1, 0.15) is 330 Å². The third-order valence-corrected chi connectivity index (χ3v) is 17.8. The number of hydrogen-bond donors (Lipinski definition) is 3. The van der Waals surface area contributed by atoms with Crippen LogP contribution in [0, 0.1) is 11.8 Å². The van der Waals surface area contributed by atoms with Gasteiger partial charge in [-0.25, -0.2) is 9.13 Å². The number of aliphatic hydroxyl groups excluding tert-OH is 1. The Morgan fingerprint density at radius 3 is 0.835 bits per heavy atom. The Balaban J connectivity index is 5.25. The van der Waals surface area contributed by atoms with Gasteiger partial charge in [0.15, 0.2) is 12.2 Å². The lowest BCUT2D eigenvalue weighted by Gasteiger charge is -2.21. The van der Waals surface area contributed by atoms with Crippen LogP contribution in [0.4, 0.5) is 0 Å². The topological polar surface area (TPSA) is 237 Å². The molecule has 0 amide bonds. The predicted molar refractivity (Wildman–Crippen MR) is 340 cm³/mol. The molecule has 0 saturated heterocycles. The molecule has 0 aliphatic carbocycles. The van der Waals surface area contributed by atoms with Crippen molar-refractivity contribution in [3.63, 3.8) is 0 Å². The summed E-state index contributed by atoms with van der Waals surface area (Å²) < 4.78 is 68.1. The largest absolute Gasteiger partial charge is 0.472 e. The second kappa shape index (κ2) is 58.4. The minimum absolute atomic E-state index is 0.103. The maximum absolute atomic E-state index is 13.0. The van der Waals surface area contributed by atoms with E-state index >= 15 is 0 Å². The predicted octanol–water partition coefficient (Wildman–Crippen LogP) is 18.4. The van der Waals surface area contributed by atoms with Crippen molar-refractivity contribution in [2.24, 2.45) is 11.8 Å². The summed E-state index contributed by atoms with van der Waals surface area (Å²) in [4.78, 5) is 72.3. The van der Waals surface area contributed by atoms with E-state index in [1.807, 2.05) is 0 Å². The molecule has 0 aromatic rings. The number of phosphoric acid groups is 2. The van der Waals surface area contributed by atoms with E-state index in [4.69, 9.17) is 37.0 Å². The first-order valence-electron chi connectivity index (χ1n) is 34.6. The van der Waals surface area contributed by atoms with Gasteiger partial charge in [-0.2, -0.15) is 0 Å². The van der Waals surface area contributed by atoms with E-state index in [1.54, 1.807) is 0 Å². The van der Waals surface area contributed by atoms with Gasteiger partial charge in [-0.1, -0.05) is 279 Å². The molecule has 0 spiro atoms. The fourth-order valence-corrected chi connectivity index (χ4v) is 11.4. The van der Waals surface area contributed by atoms with E-state index in [2.05, 4.69) is 41.5 Å². The number of hydrogen-bond acceptors (Lipinski definition) is 15. The van der Waals surface area contributed by atoms with Gasteiger partial charge < -0.3 is 33.8 Å². The van der Waals surface area contributed by atoms with Crippen LogP contribution >= 0.6 is 15.6 Å². The number of carbonyl (C=O) groups excluding carboxylic acids is 4. The highest BCUT2D eigenvalue weighted by molar-refractivity contribution is 7.47. The average molecular weight is 1260 g/mol. The van der Waals surface area contributed by atoms with E-state index in [1.165, 1.54) is 148 Å². The highest BCUT2D eigenvalue weighted by Gasteiger charge is 2.30. The van der Waals surface area contributed by atoms with Crippen molar-refractivity contribution < 1.29 is 80.2 Å². The summed E-state index contributed by atoms with van der Waals surface area (Å²) >= 11 is 0. The lowest BCUT2D eigenvalue weighted by molar-refractivity contribution is -0.161. The molecule has 0 saturated carbocycles. The van der Waals surface area contributed by atoms with Crippen molar-refractivity contribution in [1.29, 1.82) is 0 Å². The van der Waals surface area contributed by atoms with Crippen molar-refractivity contribution in [2.75, 3.05) is 39.6 Å². The maximum atomic E-state index is 13.0. The van der Waals surface area contributed by atoms with E-state index < -0.39 is 97.5 Å². The van der Waals surface area contributed by atoms with Crippen LogP contribution in [0.2, 0.25) is 0 Å². The van der Waals surface area contributed by atoms with Crippen LogP contribution in [0.15, 0.2) is 0 Å². The zero-order chi connectivity index (χ0) is 62.9. The summed E-state index contributed by atoms with van der Waals surface area (Å²) in [5, 5.41) is 10.6. The van der Waals surface area contributed by atoms with Crippen LogP contribution in [-0.2, 0) is 65.4 Å². The molecule has 0 aliphatic heterocycles. The summed E-state index contributed by atoms with van der Waals surface area (Å²) in [6.07, 6.45) is 41.5. The van der Waals surface area contributed by atoms with Gasteiger partial charge in [-0.3, -0.25) is 37.3 Å². The van der Waals surface area contributed by atoms with Crippen LogP contribution in [0.25, 0.3) is 0 Å². The molecule has 17 nitrogen and oxygen atoms in total. The summed E-state index contributed by atoms with van der Waals surface area (Å²) in [6, 6.07) is 0. The molecule has 0 aromatic heterocycles. The molecule has 504 valence electrons. The molecule has 0 aliphatic rings. The molecule has 7 atom stereocenters. The molecule has 4 unspecified atom stereocenters. The number of ether oxygens (including phenoxy) is 4. The first-order valence-corrected chi connectivity index (χ1v) is 37.6. The summed E-state index contributed by atoms with van der Waals surface area (Å²) in [7, 11) is -9.89. The Bertz CT molecular complexity index is 1670. The molecule has 0 heterocycles. The van der Waals surface area contributed by atoms with Crippen molar-refractivity contribution in [3.05, 3.63) is 0 Å². The fourth-order valence-electron chi connectivity index (χ4n) is 9.82. The second-order valence-electron chi connectivity index (χ2n) is 24.3. The van der Waals surface area contributed by atoms with Crippen molar-refractivity contribution in [2.45, 2.75) is 349 Å². The van der Waals surface area contributed by atoms with E-state index in [-0.39, 0.29) is 25.7 Å². The number of esters is 4. The van der Waals surface area contributed by atoms with E-state index in [0.29, 0.717) is 25.7 Å². The van der Waals surface area contributed by atoms with Gasteiger partial charge in [0.2, 0.25) is 0 Å². The van der Waals surface area contributed by atoms with Gasteiger partial charge >= 0.3 is 39.5 Å². The smallest absolute Gasteiger partial charge is 0.462 e. The second-order valence-corrected chi connectivity index (χ2v) is 27.2.